The van der Waals surface area contributed by atoms with Gasteiger partial charge in [-0.15, -0.1) is 0 Å². The van der Waals surface area contributed by atoms with Gasteiger partial charge < -0.3 is 0 Å². The number of nitrogens with two attached hydrogens (primary N) is 1. The molecular formula is C14H24N6. The van der Waals surface area contributed by atoms with E-state index in [1.54, 1.807) is 4.68 Å². The largest absolute Gasteiger partial charge is 0.275 e. The Morgan fingerprint density at radius 3 is 2.50 bits per heavy atom. The lowest BCUT2D eigenvalue weighted by molar-refractivity contribution is 0.422. The number of nitrogens with zero attached hydrogens (tertiary/aromatic N) is 4. The maximum Gasteiger partial charge on any atom is 0.0811 e. The number of hydrogen-bond acceptors (Lipinski definition) is 4. The minimum atomic E-state index is -0.0127. The first-order chi connectivity index (χ1) is 9.67. The summed E-state index contributed by atoms with van der Waals surface area (Å²) in [5.74, 6) is 5.65. The van der Waals surface area contributed by atoms with Crippen molar-refractivity contribution in [2.45, 2.75) is 45.2 Å². The second kappa shape index (κ2) is 6.67. The van der Waals surface area contributed by atoms with Gasteiger partial charge in [0, 0.05) is 25.9 Å². The van der Waals surface area contributed by atoms with Gasteiger partial charge in [0.15, 0.2) is 0 Å². The smallest absolute Gasteiger partial charge is 0.0811 e. The average molecular weight is 276 g/mol. The molecule has 0 aliphatic rings. The van der Waals surface area contributed by atoms with Gasteiger partial charge in [-0.1, -0.05) is 13.8 Å². The van der Waals surface area contributed by atoms with Gasteiger partial charge in [-0.3, -0.25) is 20.6 Å². The van der Waals surface area contributed by atoms with Gasteiger partial charge in [0.25, 0.3) is 0 Å². The summed E-state index contributed by atoms with van der Waals surface area (Å²) in [6.07, 6.45) is 6.90. The molecule has 0 fully saturated rings. The van der Waals surface area contributed by atoms with Crippen molar-refractivity contribution in [3.8, 4) is 0 Å². The second-order valence-electron chi connectivity index (χ2n) is 5.10. The van der Waals surface area contributed by atoms with E-state index in [9.17, 15) is 0 Å². The third-order valence-electron chi connectivity index (χ3n) is 3.69. The molecule has 0 spiro atoms. The van der Waals surface area contributed by atoms with Crippen molar-refractivity contribution < 1.29 is 0 Å². The zero-order chi connectivity index (χ0) is 14.5. The monoisotopic (exact) mass is 276 g/mol. The lowest BCUT2D eigenvalue weighted by Crippen LogP contribution is -2.30. The molecule has 1 unspecified atom stereocenters. The van der Waals surface area contributed by atoms with Crippen LogP contribution in [0, 0.1) is 0 Å². The normalized spacial score (nSPS) is 13.1. The summed E-state index contributed by atoms with van der Waals surface area (Å²) in [5.41, 5.74) is 4.79. The van der Waals surface area contributed by atoms with E-state index in [-0.39, 0.29) is 6.04 Å². The van der Waals surface area contributed by atoms with Crippen molar-refractivity contribution in [2.24, 2.45) is 12.9 Å². The van der Waals surface area contributed by atoms with Crippen LogP contribution < -0.4 is 11.3 Å². The van der Waals surface area contributed by atoms with Gasteiger partial charge in [0.2, 0.25) is 0 Å². The summed E-state index contributed by atoms with van der Waals surface area (Å²) < 4.78 is 3.84. The molecule has 0 aliphatic carbocycles. The maximum atomic E-state index is 5.65. The quantitative estimate of drug-likeness (QED) is 0.596. The Morgan fingerprint density at radius 2 is 1.95 bits per heavy atom. The first-order valence-corrected chi connectivity index (χ1v) is 7.17. The van der Waals surface area contributed by atoms with Gasteiger partial charge in [0.1, 0.15) is 0 Å². The highest BCUT2D eigenvalue weighted by atomic mass is 15.3. The summed E-state index contributed by atoms with van der Waals surface area (Å²) in [6.45, 7) is 4.38. The van der Waals surface area contributed by atoms with Gasteiger partial charge in [-0.25, -0.2) is 0 Å². The van der Waals surface area contributed by atoms with Gasteiger partial charge in [-0.05, 0) is 25.0 Å². The van der Waals surface area contributed by atoms with Crippen molar-refractivity contribution in [2.75, 3.05) is 0 Å². The molecule has 0 aliphatic heterocycles. The first kappa shape index (κ1) is 14.7. The van der Waals surface area contributed by atoms with Crippen molar-refractivity contribution in [3.63, 3.8) is 0 Å². The fourth-order valence-electron chi connectivity index (χ4n) is 2.43. The molecule has 2 aromatic heterocycles. The van der Waals surface area contributed by atoms with Crippen LogP contribution in [0.3, 0.4) is 0 Å². The van der Waals surface area contributed by atoms with Crippen LogP contribution in [0.1, 0.15) is 50.2 Å². The Balaban J connectivity index is 2.08. The third-order valence-corrected chi connectivity index (χ3v) is 3.69. The lowest BCUT2D eigenvalue weighted by atomic mass is 10.1. The summed E-state index contributed by atoms with van der Waals surface area (Å²) >= 11 is 0. The molecule has 2 aromatic rings. The molecule has 0 aromatic carbocycles. The molecule has 1 atom stereocenters. The van der Waals surface area contributed by atoms with Crippen LogP contribution in [0.25, 0.3) is 0 Å². The molecule has 0 amide bonds. The standard InChI is InChI=1S/C14H24N6/c1-4-12(5-2)20-9-6-11(17-20)10-14(16-15)13-7-8-19(3)18-13/h6-9,12,14,16H,4-5,10,15H2,1-3H3. The van der Waals surface area contributed by atoms with Crippen LogP contribution in [0.5, 0.6) is 0 Å². The first-order valence-electron chi connectivity index (χ1n) is 7.17. The van der Waals surface area contributed by atoms with Gasteiger partial charge >= 0.3 is 0 Å². The predicted octanol–water partition coefficient (Wildman–Crippen LogP) is 1.72. The minimum Gasteiger partial charge on any atom is -0.275 e. The highest BCUT2D eigenvalue weighted by Gasteiger charge is 2.16. The zero-order valence-electron chi connectivity index (χ0n) is 12.5. The Kier molecular flexibility index (Phi) is 4.92. The van der Waals surface area contributed by atoms with E-state index in [0.717, 1.165) is 30.7 Å². The number of rotatable bonds is 7. The summed E-state index contributed by atoms with van der Waals surface area (Å²) in [5, 5.41) is 9.05. The van der Waals surface area contributed by atoms with Gasteiger partial charge in [0.05, 0.1) is 23.5 Å². The molecule has 6 heteroatoms. The fraction of sp³-hybridized carbons (Fsp3) is 0.571. The summed E-state index contributed by atoms with van der Waals surface area (Å²) in [6, 6.07) is 4.50. The van der Waals surface area contributed by atoms with E-state index in [1.807, 2.05) is 19.3 Å². The molecule has 0 saturated heterocycles. The van der Waals surface area contributed by atoms with E-state index in [2.05, 4.69) is 46.4 Å². The summed E-state index contributed by atoms with van der Waals surface area (Å²) in [4.78, 5) is 0. The Bertz CT molecular complexity index is 525. The van der Waals surface area contributed by atoms with Crippen molar-refractivity contribution >= 4 is 0 Å². The molecule has 0 saturated carbocycles. The van der Waals surface area contributed by atoms with Crippen LogP contribution in [0.4, 0.5) is 0 Å². The van der Waals surface area contributed by atoms with Crippen LogP contribution in [-0.2, 0) is 13.5 Å². The molecule has 0 radical (unpaired) electrons. The molecule has 6 nitrogen and oxygen atoms in total. The highest BCUT2D eigenvalue weighted by Crippen LogP contribution is 2.18. The van der Waals surface area contributed by atoms with E-state index < -0.39 is 0 Å². The topological polar surface area (TPSA) is 73.7 Å². The molecule has 2 rings (SSSR count). The number of hydrazine groups is 1. The van der Waals surface area contributed by atoms with Crippen LogP contribution in [-0.4, -0.2) is 19.6 Å². The Morgan fingerprint density at radius 1 is 1.20 bits per heavy atom. The molecule has 20 heavy (non-hydrogen) atoms. The third kappa shape index (κ3) is 3.26. The molecule has 0 bridgehead atoms. The molecular weight excluding hydrogens is 252 g/mol. The molecule has 110 valence electrons. The zero-order valence-corrected chi connectivity index (χ0v) is 12.5. The van der Waals surface area contributed by atoms with E-state index in [0.29, 0.717) is 6.04 Å². The van der Waals surface area contributed by atoms with E-state index in [1.165, 1.54) is 0 Å². The number of aryl methyl sites for hydroxylation is 1. The van der Waals surface area contributed by atoms with Crippen molar-refractivity contribution in [1.29, 1.82) is 0 Å². The minimum absolute atomic E-state index is 0.0127. The van der Waals surface area contributed by atoms with Gasteiger partial charge in [-0.2, -0.15) is 10.2 Å². The van der Waals surface area contributed by atoms with E-state index in [4.69, 9.17) is 5.84 Å². The van der Waals surface area contributed by atoms with Crippen molar-refractivity contribution in [1.82, 2.24) is 25.0 Å². The fourth-order valence-corrected chi connectivity index (χ4v) is 2.43. The highest BCUT2D eigenvalue weighted by molar-refractivity contribution is 5.11. The Labute approximate surface area is 119 Å². The Hall–Kier alpha value is -1.66. The van der Waals surface area contributed by atoms with Crippen LogP contribution in [0.15, 0.2) is 24.5 Å². The summed E-state index contributed by atoms with van der Waals surface area (Å²) in [7, 11) is 1.90. The average Bonchev–Trinajstić information content (AvgIpc) is 3.07. The maximum absolute atomic E-state index is 5.65. The lowest BCUT2D eigenvalue weighted by Gasteiger charge is -2.14. The van der Waals surface area contributed by atoms with Crippen molar-refractivity contribution in [3.05, 3.63) is 35.9 Å². The number of aromatic nitrogens is 4. The molecule has 3 N–H and O–H groups in total. The second-order valence-corrected chi connectivity index (χ2v) is 5.10. The SMILES string of the molecule is CCC(CC)n1ccc(CC(NN)c2ccn(C)n2)n1. The molecule has 2 heterocycles. The number of hydrogen-bond donors (Lipinski definition) is 2. The van der Waals surface area contributed by atoms with E-state index >= 15 is 0 Å². The predicted molar refractivity (Wildman–Crippen MR) is 78.8 cm³/mol. The van der Waals surface area contributed by atoms with Crippen LogP contribution >= 0.6 is 0 Å². The van der Waals surface area contributed by atoms with Crippen LogP contribution in [0.2, 0.25) is 0 Å². The number of nitrogens with one attached hydrogen (secondary N) is 1.